The van der Waals surface area contributed by atoms with Crippen molar-refractivity contribution < 1.29 is 17.9 Å². The van der Waals surface area contributed by atoms with Gasteiger partial charge in [-0.1, -0.05) is 0 Å². The lowest BCUT2D eigenvalue weighted by Crippen LogP contribution is -2.35. The maximum Gasteiger partial charge on any atom is 0.453 e. The first-order chi connectivity index (χ1) is 9.37. The molecule has 0 saturated carbocycles. The van der Waals surface area contributed by atoms with Crippen LogP contribution in [0, 0.1) is 0 Å². The molecule has 0 aromatic carbocycles. The Kier molecular flexibility index (Phi) is 2.82. The standard InChI is InChI=1S/C11H12F3N5O/c1-10(4-5-20-6-10)15-7-2-3-8-16-17-9(11(12,13)14)19(8)18-7/h2-3H,4-6H2,1H3,(H,15,18). The Balaban J connectivity index is 1.97. The number of hydrogen-bond donors (Lipinski definition) is 1. The third-order valence-electron chi connectivity index (χ3n) is 3.17. The average molecular weight is 287 g/mol. The number of rotatable bonds is 2. The van der Waals surface area contributed by atoms with Crippen molar-refractivity contribution in [2.24, 2.45) is 0 Å². The number of fused-ring (bicyclic) bond motifs is 1. The zero-order valence-electron chi connectivity index (χ0n) is 10.6. The second kappa shape index (κ2) is 4.30. The van der Waals surface area contributed by atoms with Crippen LogP contribution in [0.1, 0.15) is 19.2 Å². The van der Waals surface area contributed by atoms with Crippen LogP contribution in [0.3, 0.4) is 0 Å². The van der Waals surface area contributed by atoms with E-state index in [-0.39, 0.29) is 11.2 Å². The summed E-state index contributed by atoms with van der Waals surface area (Å²) in [6.45, 7) is 3.04. The van der Waals surface area contributed by atoms with Crippen molar-refractivity contribution in [3.63, 3.8) is 0 Å². The topological polar surface area (TPSA) is 64.3 Å². The number of halogens is 3. The highest BCUT2D eigenvalue weighted by molar-refractivity contribution is 5.45. The number of nitrogens with zero attached hydrogens (tertiary/aromatic N) is 4. The minimum absolute atomic E-state index is 0.0516. The van der Waals surface area contributed by atoms with Crippen LogP contribution in [0.4, 0.5) is 19.0 Å². The number of hydrogen-bond acceptors (Lipinski definition) is 5. The number of nitrogens with one attached hydrogen (secondary N) is 1. The summed E-state index contributed by atoms with van der Waals surface area (Å²) < 4.78 is 44.3. The first-order valence-corrected chi connectivity index (χ1v) is 6.03. The molecule has 1 unspecified atom stereocenters. The number of ether oxygens (including phenoxy) is 1. The van der Waals surface area contributed by atoms with Gasteiger partial charge in [0.25, 0.3) is 5.82 Å². The van der Waals surface area contributed by atoms with Crippen LogP contribution >= 0.6 is 0 Å². The van der Waals surface area contributed by atoms with Gasteiger partial charge in [0.1, 0.15) is 5.82 Å². The van der Waals surface area contributed by atoms with Gasteiger partial charge in [-0.25, -0.2) is 0 Å². The number of anilines is 1. The van der Waals surface area contributed by atoms with Crippen LogP contribution < -0.4 is 5.32 Å². The third-order valence-corrected chi connectivity index (χ3v) is 3.17. The van der Waals surface area contributed by atoms with Crippen LogP contribution in [-0.2, 0) is 10.9 Å². The predicted molar refractivity (Wildman–Crippen MR) is 63.2 cm³/mol. The minimum Gasteiger partial charge on any atom is -0.379 e. The second-order valence-electron chi connectivity index (χ2n) is 5.00. The van der Waals surface area contributed by atoms with Crippen molar-refractivity contribution in [3.8, 4) is 0 Å². The molecule has 2 aromatic heterocycles. The largest absolute Gasteiger partial charge is 0.453 e. The lowest BCUT2D eigenvalue weighted by molar-refractivity contribution is -0.146. The molecule has 0 spiro atoms. The highest BCUT2D eigenvalue weighted by Crippen LogP contribution is 2.28. The van der Waals surface area contributed by atoms with Crippen LogP contribution in [0.25, 0.3) is 5.65 Å². The summed E-state index contributed by atoms with van der Waals surface area (Å²) in [5, 5.41) is 13.6. The Morgan fingerprint density at radius 3 is 2.80 bits per heavy atom. The Labute approximate surface area is 111 Å². The molecule has 1 saturated heterocycles. The van der Waals surface area contributed by atoms with E-state index in [0.29, 0.717) is 23.5 Å². The monoisotopic (exact) mass is 287 g/mol. The molecule has 9 heteroatoms. The van der Waals surface area contributed by atoms with Crippen molar-refractivity contribution in [2.75, 3.05) is 18.5 Å². The molecular weight excluding hydrogens is 275 g/mol. The van der Waals surface area contributed by atoms with E-state index >= 15 is 0 Å². The van der Waals surface area contributed by atoms with E-state index in [0.717, 1.165) is 6.42 Å². The molecule has 0 radical (unpaired) electrons. The summed E-state index contributed by atoms with van der Waals surface area (Å²) >= 11 is 0. The Morgan fingerprint density at radius 1 is 1.35 bits per heavy atom. The minimum atomic E-state index is -4.59. The van der Waals surface area contributed by atoms with Gasteiger partial charge in [-0.2, -0.15) is 17.7 Å². The summed E-state index contributed by atoms with van der Waals surface area (Å²) in [7, 11) is 0. The van der Waals surface area contributed by atoms with E-state index in [1.807, 2.05) is 6.92 Å². The van der Waals surface area contributed by atoms with E-state index in [4.69, 9.17) is 4.74 Å². The summed E-state index contributed by atoms with van der Waals surface area (Å²) in [5.74, 6) is -0.806. The van der Waals surface area contributed by atoms with Crippen LogP contribution in [0.2, 0.25) is 0 Å². The first-order valence-electron chi connectivity index (χ1n) is 6.03. The molecular formula is C11H12F3N5O. The fraction of sp³-hybridized carbons (Fsp3) is 0.545. The third kappa shape index (κ3) is 2.28. The quantitative estimate of drug-likeness (QED) is 0.911. The van der Waals surface area contributed by atoms with Gasteiger partial charge in [0.2, 0.25) is 0 Å². The van der Waals surface area contributed by atoms with Gasteiger partial charge in [-0.3, -0.25) is 0 Å². The molecule has 6 nitrogen and oxygen atoms in total. The molecule has 20 heavy (non-hydrogen) atoms. The van der Waals surface area contributed by atoms with Gasteiger partial charge >= 0.3 is 6.18 Å². The van der Waals surface area contributed by atoms with E-state index in [9.17, 15) is 13.2 Å². The molecule has 1 fully saturated rings. The van der Waals surface area contributed by atoms with Gasteiger partial charge < -0.3 is 10.1 Å². The van der Waals surface area contributed by atoms with Crippen molar-refractivity contribution in [2.45, 2.75) is 25.1 Å². The lowest BCUT2D eigenvalue weighted by Gasteiger charge is -2.24. The maximum atomic E-state index is 12.8. The van der Waals surface area contributed by atoms with Gasteiger partial charge in [0.15, 0.2) is 5.65 Å². The fourth-order valence-electron chi connectivity index (χ4n) is 2.11. The van der Waals surface area contributed by atoms with Crippen molar-refractivity contribution in [3.05, 3.63) is 18.0 Å². The van der Waals surface area contributed by atoms with E-state index in [1.54, 1.807) is 6.07 Å². The number of aromatic nitrogens is 4. The molecule has 108 valence electrons. The van der Waals surface area contributed by atoms with Gasteiger partial charge in [0, 0.05) is 6.61 Å². The first kappa shape index (κ1) is 13.1. The molecule has 1 aliphatic rings. The van der Waals surface area contributed by atoms with Crippen molar-refractivity contribution >= 4 is 11.5 Å². The summed E-state index contributed by atoms with van der Waals surface area (Å²) in [4.78, 5) is 0. The molecule has 3 rings (SSSR count). The second-order valence-corrected chi connectivity index (χ2v) is 5.00. The van der Waals surface area contributed by atoms with E-state index in [2.05, 4.69) is 20.6 Å². The highest BCUT2D eigenvalue weighted by Gasteiger charge is 2.38. The molecule has 0 aliphatic carbocycles. The van der Waals surface area contributed by atoms with E-state index in [1.165, 1.54) is 6.07 Å². The molecule has 3 heterocycles. The lowest BCUT2D eigenvalue weighted by atomic mass is 10.0. The molecule has 0 amide bonds. The van der Waals surface area contributed by atoms with Crippen LogP contribution in [-0.4, -0.2) is 38.6 Å². The van der Waals surface area contributed by atoms with Crippen molar-refractivity contribution in [1.82, 2.24) is 19.8 Å². The van der Waals surface area contributed by atoms with E-state index < -0.39 is 12.0 Å². The summed E-state index contributed by atoms with van der Waals surface area (Å²) in [5.41, 5.74) is -0.275. The zero-order chi connectivity index (χ0) is 14.4. The normalized spacial score (nSPS) is 23.4. The molecule has 1 aliphatic heterocycles. The highest BCUT2D eigenvalue weighted by atomic mass is 19.4. The van der Waals surface area contributed by atoms with Gasteiger partial charge in [-0.15, -0.1) is 15.3 Å². The molecule has 2 aromatic rings. The Morgan fingerprint density at radius 2 is 2.15 bits per heavy atom. The maximum absolute atomic E-state index is 12.8. The Hall–Kier alpha value is -1.90. The SMILES string of the molecule is CC1(Nc2ccc3nnc(C(F)(F)F)n3n2)CCOC1. The summed E-state index contributed by atoms with van der Waals surface area (Å²) in [6, 6.07) is 3.02. The molecule has 1 N–H and O–H groups in total. The smallest absolute Gasteiger partial charge is 0.379 e. The van der Waals surface area contributed by atoms with Gasteiger partial charge in [-0.05, 0) is 25.5 Å². The zero-order valence-corrected chi connectivity index (χ0v) is 10.6. The summed E-state index contributed by atoms with van der Waals surface area (Å²) in [6.07, 6.45) is -3.83. The predicted octanol–water partition coefficient (Wildman–Crippen LogP) is 1.73. The average Bonchev–Trinajstić information content (AvgIpc) is 2.94. The number of alkyl halides is 3. The molecule has 0 bridgehead atoms. The Bertz CT molecular complexity index is 633. The van der Waals surface area contributed by atoms with Crippen LogP contribution in [0.15, 0.2) is 12.1 Å². The molecule has 1 atom stereocenters. The fourth-order valence-corrected chi connectivity index (χ4v) is 2.11. The van der Waals surface area contributed by atoms with Crippen LogP contribution in [0.5, 0.6) is 0 Å². The van der Waals surface area contributed by atoms with Gasteiger partial charge in [0.05, 0.1) is 12.1 Å². The van der Waals surface area contributed by atoms with Crippen molar-refractivity contribution in [1.29, 1.82) is 0 Å².